The first kappa shape index (κ1) is 10.3. The number of rotatable bonds is 2. The van der Waals surface area contributed by atoms with Crippen LogP contribution >= 0.6 is 0 Å². The van der Waals surface area contributed by atoms with Crippen LogP contribution in [0.1, 0.15) is 0 Å². The van der Waals surface area contributed by atoms with Gasteiger partial charge in [-0.25, -0.2) is 4.68 Å². The fourth-order valence-corrected chi connectivity index (χ4v) is 1.27. The summed E-state index contributed by atoms with van der Waals surface area (Å²) in [5.74, 6) is -0.556. The summed E-state index contributed by atoms with van der Waals surface area (Å²) in [6, 6.07) is 0. The SMILES string of the molecule is COC(=O)Cn1nnc2c(cnn2C)c1=O. The fourth-order valence-electron chi connectivity index (χ4n) is 1.27. The molecular weight excluding hydrogens is 214 g/mol. The van der Waals surface area contributed by atoms with Gasteiger partial charge in [-0.2, -0.15) is 9.78 Å². The van der Waals surface area contributed by atoms with Crippen molar-refractivity contribution in [2.24, 2.45) is 7.05 Å². The zero-order chi connectivity index (χ0) is 11.7. The van der Waals surface area contributed by atoms with E-state index in [0.29, 0.717) is 11.0 Å². The summed E-state index contributed by atoms with van der Waals surface area (Å²) in [7, 11) is 2.89. The number of esters is 1. The zero-order valence-corrected chi connectivity index (χ0v) is 8.75. The molecule has 2 heterocycles. The Balaban J connectivity index is 2.53. The van der Waals surface area contributed by atoms with Gasteiger partial charge in [0.05, 0.1) is 13.3 Å². The number of methoxy groups -OCH3 is 1. The van der Waals surface area contributed by atoms with Crippen molar-refractivity contribution in [3.63, 3.8) is 0 Å². The minimum Gasteiger partial charge on any atom is -0.468 e. The molecule has 16 heavy (non-hydrogen) atoms. The van der Waals surface area contributed by atoms with E-state index in [2.05, 4.69) is 20.1 Å². The van der Waals surface area contributed by atoms with Gasteiger partial charge in [0.2, 0.25) is 0 Å². The van der Waals surface area contributed by atoms with Crippen molar-refractivity contribution in [3.8, 4) is 0 Å². The molecular formula is C8H9N5O3. The van der Waals surface area contributed by atoms with Crippen molar-refractivity contribution in [2.45, 2.75) is 6.54 Å². The Bertz CT molecular complexity index is 599. The second kappa shape index (κ2) is 3.72. The van der Waals surface area contributed by atoms with Crippen molar-refractivity contribution in [2.75, 3.05) is 7.11 Å². The molecule has 0 saturated carbocycles. The molecule has 0 amide bonds. The molecule has 0 aromatic carbocycles. The van der Waals surface area contributed by atoms with Crippen molar-refractivity contribution in [3.05, 3.63) is 16.6 Å². The highest BCUT2D eigenvalue weighted by Gasteiger charge is 2.11. The Morgan fingerprint density at radius 1 is 1.56 bits per heavy atom. The third kappa shape index (κ3) is 1.53. The van der Waals surface area contributed by atoms with Crippen molar-refractivity contribution >= 4 is 17.0 Å². The van der Waals surface area contributed by atoms with Crippen LogP contribution in [0, 0.1) is 0 Å². The van der Waals surface area contributed by atoms with E-state index in [1.54, 1.807) is 7.05 Å². The lowest BCUT2D eigenvalue weighted by atomic mass is 10.4. The molecule has 0 radical (unpaired) electrons. The third-order valence-corrected chi connectivity index (χ3v) is 2.13. The van der Waals surface area contributed by atoms with Gasteiger partial charge in [-0.15, -0.1) is 5.10 Å². The quantitative estimate of drug-likeness (QED) is 0.587. The molecule has 0 fully saturated rings. The van der Waals surface area contributed by atoms with E-state index in [1.807, 2.05) is 0 Å². The molecule has 8 heteroatoms. The molecule has 0 N–H and O–H groups in total. The van der Waals surface area contributed by atoms with Gasteiger partial charge >= 0.3 is 5.97 Å². The summed E-state index contributed by atoms with van der Waals surface area (Å²) in [6.07, 6.45) is 1.39. The average molecular weight is 223 g/mol. The summed E-state index contributed by atoms with van der Waals surface area (Å²) in [6.45, 7) is -0.257. The molecule has 2 aromatic rings. The molecule has 0 bridgehead atoms. The number of nitrogens with zero attached hydrogens (tertiary/aromatic N) is 5. The van der Waals surface area contributed by atoms with Crippen LogP contribution in [0.3, 0.4) is 0 Å². The van der Waals surface area contributed by atoms with Gasteiger partial charge in [-0.3, -0.25) is 9.59 Å². The number of aryl methyl sites for hydroxylation is 1. The van der Waals surface area contributed by atoms with Gasteiger partial charge in [-0.1, -0.05) is 5.21 Å². The maximum atomic E-state index is 11.8. The number of hydrogen-bond donors (Lipinski definition) is 0. The molecule has 0 aliphatic heterocycles. The topological polar surface area (TPSA) is 91.9 Å². The second-order valence-corrected chi connectivity index (χ2v) is 3.13. The number of fused-ring (bicyclic) bond motifs is 1. The number of carbonyl (C=O) groups is 1. The first-order valence-electron chi connectivity index (χ1n) is 4.46. The van der Waals surface area contributed by atoms with Crippen LogP contribution in [0.2, 0.25) is 0 Å². The summed E-state index contributed by atoms with van der Waals surface area (Å²) >= 11 is 0. The van der Waals surface area contributed by atoms with Crippen LogP contribution < -0.4 is 5.56 Å². The van der Waals surface area contributed by atoms with E-state index in [4.69, 9.17) is 0 Å². The Morgan fingerprint density at radius 2 is 2.31 bits per heavy atom. The number of hydrogen-bond acceptors (Lipinski definition) is 6. The van der Waals surface area contributed by atoms with Crippen LogP contribution in [0.15, 0.2) is 11.0 Å². The Morgan fingerprint density at radius 3 is 3.00 bits per heavy atom. The average Bonchev–Trinajstić information content (AvgIpc) is 2.65. The summed E-state index contributed by atoms with van der Waals surface area (Å²) < 4.78 is 6.82. The first-order valence-corrected chi connectivity index (χ1v) is 4.46. The lowest BCUT2D eigenvalue weighted by Gasteiger charge is -2.01. The molecule has 0 saturated heterocycles. The van der Waals surface area contributed by atoms with E-state index < -0.39 is 11.5 Å². The third-order valence-electron chi connectivity index (χ3n) is 2.13. The predicted molar refractivity (Wildman–Crippen MR) is 52.6 cm³/mol. The highest BCUT2D eigenvalue weighted by Crippen LogP contribution is 2.01. The van der Waals surface area contributed by atoms with Gasteiger partial charge in [-0.05, 0) is 0 Å². The molecule has 2 rings (SSSR count). The molecule has 0 aliphatic rings. The second-order valence-electron chi connectivity index (χ2n) is 3.13. The van der Waals surface area contributed by atoms with Gasteiger partial charge < -0.3 is 4.74 Å². The highest BCUT2D eigenvalue weighted by atomic mass is 16.5. The van der Waals surface area contributed by atoms with Gasteiger partial charge in [0.1, 0.15) is 11.9 Å². The summed E-state index contributed by atoms with van der Waals surface area (Å²) in [4.78, 5) is 22.8. The molecule has 0 atom stereocenters. The van der Waals surface area contributed by atoms with Crippen molar-refractivity contribution in [1.82, 2.24) is 24.8 Å². The molecule has 8 nitrogen and oxygen atoms in total. The molecule has 0 unspecified atom stereocenters. The normalized spacial score (nSPS) is 10.6. The predicted octanol–water partition coefficient (Wildman–Crippen LogP) is -1.30. The molecule has 0 aliphatic carbocycles. The van der Waals surface area contributed by atoms with E-state index >= 15 is 0 Å². The minimum absolute atomic E-state index is 0.257. The Labute approximate surface area is 89.4 Å². The van der Waals surface area contributed by atoms with Gasteiger partial charge in [0.15, 0.2) is 5.65 Å². The fraction of sp³-hybridized carbons (Fsp3) is 0.375. The highest BCUT2D eigenvalue weighted by molar-refractivity contribution is 5.73. The zero-order valence-electron chi connectivity index (χ0n) is 8.75. The Kier molecular flexibility index (Phi) is 2.39. The van der Waals surface area contributed by atoms with E-state index in [9.17, 15) is 9.59 Å². The van der Waals surface area contributed by atoms with Crippen LogP contribution in [0.25, 0.3) is 11.0 Å². The van der Waals surface area contributed by atoms with Gasteiger partial charge in [0.25, 0.3) is 5.56 Å². The van der Waals surface area contributed by atoms with Crippen molar-refractivity contribution in [1.29, 1.82) is 0 Å². The largest absolute Gasteiger partial charge is 0.468 e. The smallest absolute Gasteiger partial charge is 0.327 e. The lowest BCUT2D eigenvalue weighted by Crippen LogP contribution is -2.28. The number of carbonyl (C=O) groups excluding carboxylic acids is 1. The maximum Gasteiger partial charge on any atom is 0.327 e. The summed E-state index contributed by atoms with van der Waals surface area (Å²) in [5.41, 5.74) is -0.0328. The van der Waals surface area contributed by atoms with Gasteiger partial charge in [0, 0.05) is 7.05 Å². The first-order chi connectivity index (χ1) is 7.63. The van der Waals surface area contributed by atoms with E-state index in [0.717, 1.165) is 4.68 Å². The van der Waals surface area contributed by atoms with E-state index in [1.165, 1.54) is 18.0 Å². The lowest BCUT2D eigenvalue weighted by molar-refractivity contribution is -0.141. The molecule has 2 aromatic heterocycles. The summed E-state index contributed by atoms with van der Waals surface area (Å²) in [5, 5.41) is 11.6. The maximum absolute atomic E-state index is 11.8. The van der Waals surface area contributed by atoms with Crippen LogP contribution in [0.5, 0.6) is 0 Å². The number of ether oxygens (including phenoxy) is 1. The molecule has 0 spiro atoms. The monoisotopic (exact) mass is 223 g/mol. The van der Waals surface area contributed by atoms with Crippen LogP contribution in [-0.2, 0) is 23.1 Å². The minimum atomic E-state index is -0.556. The van der Waals surface area contributed by atoms with E-state index in [-0.39, 0.29) is 6.54 Å². The van der Waals surface area contributed by atoms with Crippen molar-refractivity contribution < 1.29 is 9.53 Å². The standard InChI is InChI=1S/C8H9N5O3/c1-12-7-5(3-9-12)8(15)13(11-10-7)4-6(14)16-2/h3H,4H2,1-2H3. The number of aromatic nitrogens is 5. The molecule has 84 valence electrons. The van der Waals surface area contributed by atoms with Crippen LogP contribution in [0.4, 0.5) is 0 Å². The van der Waals surface area contributed by atoms with Crippen LogP contribution in [-0.4, -0.2) is 37.9 Å². The Hall–Kier alpha value is -2.25.